The van der Waals surface area contributed by atoms with Crippen LogP contribution in [0.1, 0.15) is 19.4 Å². The third kappa shape index (κ3) is 19.9. The van der Waals surface area contributed by atoms with Gasteiger partial charge >= 0.3 is 11.9 Å². The average Bonchev–Trinajstić information content (AvgIpc) is 2.46. The van der Waals surface area contributed by atoms with Crippen molar-refractivity contribution in [1.82, 2.24) is 0 Å². The predicted octanol–water partition coefficient (Wildman–Crippen LogP) is 1.76. The first-order chi connectivity index (χ1) is 10.1. The lowest BCUT2D eigenvalue weighted by molar-refractivity contribution is -0.134. The van der Waals surface area contributed by atoms with Crippen LogP contribution in [0.3, 0.4) is 0 Å². The highest BCUT2D eigenvalue weighted by molar-refractivity contribution is 5.89. The highest BCUT2D eigenvalue weighted by Gasteiger charge is 2.05. The first-order valence-electron chi connectivity index (χ1n) is 6.33. The Kier molecular flexibility index (Phi) is 12.2. The Morgan fingerprint density at radius 1 is 1.14 bits per heavy atom. The van der Waals surface area contributed by atoms with Gasteiger partial charge in [-0.2, -0.15) is 0 Å². The smallest absolute Gasteiger partial charge is 0.328 e. The zero-order valence-corrected chi connectivity index (χ0v) is 12.8. The van der Waals surface area contributed by atoms with Gasteiger partial charge in [0.2, 0.25) is 0 Å². The second kappa shape index (κ2) is 12.3. The average molecular weight is 309 g/mol. The van der Waals surface area contributed by atoms with Crippen molar-refractivity contribution in [3.63, 3.8) is 0 Å². The van der Waals surface area contributed by atoms with Crippen molar-refractivity contribution in [3.8, 4) is 0 Å². The van der Waals surface area contributed by atoms with E-state index in [0.29, 0.717) is 12.2 Å². The van der Waals surface area contributed by atoms with Crippen molar-refractivity contribution in [2.45, 2.75) is 19.4 Å². The van der Waals surface area contributed by atoms with Crippen LogP contribution in [0.4, 0.5) is 0 Å². The van der Waals surface area contributed by atoms with Gasteiger partial charge in [-0.3, -0.25) is 0 Å². The van der Waals surface area contributed by atoms with Gasteiger partial charge in [0.1, 0.15) is 0 Å². The van der Waals surface area contributed by atoms with E-state index in [1.165, 1.54) is 5.56 Å². The van der Waals surface area contributed by atoms with E-state index in [2.05, 4.69) is 6.58 Å². The summed E-state index contributed by atoms with van der Waals surface area (Å²) < 4.78 is 0. The maximum atomic E-state index is 9.55. The minimum absolute atomic E-state index is 0.0486. The topological polar surface area (TPSA) is 121 Å². The number of hydrogen-bond donors (Lipinski definition) is 4. The van der Waals surface area contributed by atoms with Crippen molar-refractivity contribution in [2.24, 2.45) is 5.73 Å². The number of aliphatic carboxylic acids is 2. The third-order valence-corrected chi connectivity index (χ3v) is 1.81. The number of carbonyl (C=O) groups is 2. The normalized spacial score (nSPS) is 9.82. The number of nitrogens with two attached hydrogens (primary N) is 1. The molecule has 0 aliphatic carbocycles. The van der Waals surface area contributed by atoms with Gasteiger partial charge in [0.05, 0.1) is 6.61 Å². The summed E-state index contributed by atoms with van der Waals surface area (Å²) in [6, 6.07) is 10.0. The maximum absolute atomic E-state index is 9.55. The summed E-state index contributed by atoms with van der Waals surface area (Å²) in [5, 5.41) is 23.9. The summed E-state index contributed by atoms with van der Waals surface area (Å²) in [7, 11) is 0. The van der Waals surface area contributed by atoms with Crippen LogP contribution in [0, 0.1) is 0 Å². The molecule has 0 saturated carbocycles. The minimum Gasteiger partial charge on any atom is -0.478 e. The lowest BCUT2D eigenvalue weighted by atomic mass is 10.1. The second-order valence-electron chi connectivity index (χ2n) is 4.77. The molecule has 6 heteroatoms. The van der Waals surface area contributed by atoms with Crippen LogP contribution in [0.2, 0.25) is 0 Å². The molecule has 0 saturated heterocycles. The van der Waals surface area contributed by atoms with E-state index in [0.717, 1.165) is 0 Å². The Morgan fingerprint density at radius 2 is 1.50 bits per heavy atom. The summed E-state index contributed by atoms with van der Waals surface area (Å²) in [6.45, 7) is 7.22. The maximum Gasteiger partial charge on any atom is 0.328 e. The molecule has 0 aliphatic heterocycles. The summed E-state index contributed by atoms with van der Waals surface area (Å²) in [5.74, 6) is -2.51. The van der Waals surface area contributed by atoms with Gasteiger partial charge in [-0.1, -0.05) is 43.0 Å². The summed E-state index contributed by atoms with van der Waals surface area (Å²) in [6.07, 6.45) is 2.95. The fourth-order valence-corrected chi connectivity index (χ4v) is 0.732. The first kappa shape index (κ1) is 21.9. The van der Waals surface area contributed by atoms with Gasteiger partial charge in [-0.25, -0.2) is 9.59 Å². The zero-order valence-electron chi connectivity index (χ0n) is 12.8. The predicted molar refractivity (Wildman–Crippen MR) is 86.3 cm³/mol. The molecule has 0 amide bonds. The molecule has 0 radical (unpaired) electrons. The fraction of sp³-hybridized carbons (Fsp3) is 0.250. The number of benzene rings is 1. The second-order valence-corrected chi connectivity index (χ2v) is 4.77. The number of carboxylic acid groups (broad SMARTS) is 2. The molecule has 0 aromatic heterocycles. The molecular weight excluding hydrogens is 286 g/mol. The summed E-state index contributed by atoms with van der Waals surface area (Å²) in [4.78, 5) is 19.1. The van der Waals surface area contributed by atoms with Crippen LogP contribution >= 0.6 is 0 Å². The van der Waals surface area contributed by atoms with E-state index < -0.39 is 17.5 Å². The van der Waals surface area contributed by atoms with Gasteiger partial charge in [-0.15, -0.1) is 0 Å². The number of carboxylic acids is 2. The molecule has 5 N–H and O–H groups in total. The molecular formula is C16H23NO5. The minimum atomic E-state index is -1.26. The van der Waals surface area contributed by atoms with E-state index in [4.69, 9.17) is 21.1 Å². The molecule has 22 heavy (non-hydrogen) atoms. The van der Waals surface area contributed by atoms with Crippen LogP contribution in [0.25, 0.3) is 6.08 Å². The van der Waals surface area contributed by atoms with Crippen molar-refractivity contribution < 1.29 is 24.9 Å². The monoisotopic (exact) mass is 309 g/mol. The Labute approximate surface area is 130 Å². The molecule has 0 heterocycles. The van der Waals surface area contributed by atoms with Gasteiger partial charge < -0.3 is 21.1 Å². The molecule has 1 aromatic carbocycles. The van der Waals surface area contributed by atoms with E-state index in [1.807, 2.05) is 36.4 Å². The molecule has 0 bridgehead atoms. The lowest BCUT2D eigenvalue weighted by Gasteiger charge is -2.12. The number of aliphatic hydroxyl groups is 1. The van der Waals surface area contributed by atoms with Gasteiger partial charge in [0.15, 0.2) is 0 Å². The largest absolute Gasteiger partial charge is 0.478 e. The van der Waals surface area contributed by atoms with Crippen LogP contribution in [0.15, 0.2) is 49.1 Å². The van der Waals surface area contributed by atoms with Crippen molar-refractivity contribution >= 4 is 18.0 Å². The molecule has 1 aromatic rings. The van der Waals surface area contributed by atoms with Crippen LogP contribution in [-0.2, 0) is 9.59 Å². The van der Waals surface area contributed by atoms with Gasteiger partial charge in [0, 0.05) is 17.7 Å². The highest BCUT2D eigenvalue weighted by atomic mass is 16.4. The molecule has 6 nitrogen and oxygen atoms in total. The van der Waals surface area contributed by atoms with Crippen LogP contribution in [-0.4, -0.2) is 39.4 Å². The molecule has 0 aliphatic rings. The molecule has 1 rings (SSSR count). The molecule has 122 valence electrons. The molecule has 0 spiro atoms. The van der Waals surface area contributed by atoms with Crippen molar-refractivity contribution in [2.75, 3.05) is 6.61 Å². The Bertz CT molecular complexity index is 459. The standard InChI is InChI=1S/C8H8.C4H11NO.C4H4O4/c1-2-8-6-4-3-5-7-8;1-4(2,5)3-6;5-3(6)1-2-4(7)8/h2-7H,1H2;6H,3,5H2,1-2H3;1-2H,(H,5,6)(H,7,8)/b;;2-1-. The lowest BCUT2D eigenvalue weighted by Crippen LogP contribution is -2.35. The molecule has 0 atom stereocenters. The molecule has 0 fully saturated rings. The summed E-state index contributed by atoms with van der Waals surface area (Å²) >= 11 is 0. The SMILES string of the molecule is C=Cc1ccccc1.CC(C)(N)CO.O=C(O)/C=C\C(=O)O. The molecule has 0 unspecified atom stereocenters. The van der Waals surface area contributed by atoms with E-state index in [9.17, 15) is 9.59 Å². The van der Waals surface area contributed by atoms with Crippen molar-refractivity contribution in [1.29, 1.82) is 0 Å². The Hall–Kier alpha value is -2.44. The Balaban J connectivity index is 0. The zero-order chi connectivity index (χ0) is 17.6. The fourth-order valence-electron chi connectivity index (χ4n) is 0.732. The van der Waals surface area contributed by atoms with E-state index >= 15 is 0 Å². The van der Waals surface area contributed by atoms with Crippen LogP contribution in [0.5, 0.6) is 0 Å². The van der Waals surface area contributed by atoms with E-state index in [-0.39, 0.29) is 6.61 Å². The van der Waals surface area contributed by atoms with Gasteiger partial charge in [-0.05, 0) is 19.4 Å². The van der Waals surface area contributed by atoms with Gasteiger partial charge in [0.25, 0.3) is 0 Å². The summed E-state index contributed by atoms with van der Waals surface area (Å²) in [5.41, 5.74) is 6.06. The van der Waals surface area contributed by atoms with Crippen LogP contribution < -0.4 is 5.73 Å². The Morgan fingerprint density at radius 3 is 1.68 bits per heavy atom. The third-order valence-electron chi connectivity index (χ3n) is 1.81. The highest BCUT2D eigenvalue weighted by Crippen LogP contribution is 1.97. The number of hydrogen-bond acceptors (Lipinski definition) is 4. The number of aliphatic hydroxyl groups excluding tert-OH is 1. The first-order valence-corrected chi connectivity index (χ1v) is 6.33. The van der Waals surface area contributed by atoms with E-state index in [1.54, 1.807) is 13.8 Å². The quantitative estimate of drug-likeness (QED) is 0.629. The van der Waals surface area contributed by atoms with Crippen molar-refractivity contribution in [3.05, 3.63) is 54.6 Å². The number of rotatable bonds is 4.